The molecule has 1 heterocycles. The second-order valence-electron chi connectivity index (χ2n) is 1.35. The third-order valence-corrected chi connectivity index (χ3v) is 1.41. The Bertz CT molecular complexity index is 159. The van der Waals surface area contributed by atoms with E-state index in [0.29, 0.717) is 6.42 Å². The Hall–Kier alpha value is -0.700. The molecule has 0 aliphatic rings. The van der Waals surface area contributed by atoms with Crippen LogP contribution in [0.1, 0.15) is 5.69 Å². The van der Waals surface area contributed by atoms with Crippen molar-refractivity contribution in [1.82, 2.24) is 4.98 Å². The van der Waals surface area contributed by atoms with E-state index in [1.54, 1.807) is 5.51 Å². The normalized spacial score (nSPS) is 9.00. The van der Waals surface area contributed by atoms with Crippen molar-refractivity contribution in [1.29, 1.82) is 0 Å². The van der Waals surface area contributed by atoms with Gasteiger partial charge in [0.15, 0.2) is 0 Å². The molecular weight excluding hydrogens is 122 g/mol. The molecule has 1 aromatic rings. The van der Waals surface area contributed by atoms with Gasteiger partial charge in [-0.2, -0.15) is 0 Å². The predicted molar refractivity (Wildman–Crippen MR) is 31.9 cm³/mol. The number of rotatable bonds is 2. The Morgan fingerprint density at radius 3 is 3.25 bits per heavy atom. The highest BCUT2D eigenvalue weighted by Gasteiger charge is 1.88. The average Bonchev–Trinajstić information content (AvgIpc) is 2.19. The van der Waals surface area contributed by atoms with Crippen molar-refractivity contribution < 1.29 is 4.79 Å². The average molecular weight is 127 g/mol. The van der Waals surface area contributed by atoms with E-state index in [-0.39, 0.29) is 0 Å². The third kappa shape index (κ3) is 1.13. The van der Waals surface area contributed by atoms with Crippen LogP contribution in [0.25, 0.3) is 0 Å². The Labute approximate surface area is 51.2 Å². The fourth-order valence-electron chi connectivity index (χ4n) is 0.424. The molecular formula is C5H5NOS. The lowest BCUT2D eigenvalue weighted by molar-refractivity contribution is -0.107. The van der Waals surface area contributed by atoms with Crippen molar-refractivity contribution in [3.8, 4) is 0 Å². The summed E-state index contributed by atoms with van der Waals surface area (Å²) in [6.45, 7) is 0. The summed E-state index contributed by atoms with van der Waals surface area (Å²) in [6.07, 6.45) is 1.30. The van der Waals surface area contributed by atoms with Gasteiger partial charge in [0.2, 0.25) is 0 Å². The van der Waals surface area contributed by atoms with Crippen LogP contribution in [0, 0.1) is 0 Å². The molecule has 0 saturated carbocycles. The van der Waals surface area contributed by atoms with E-state index in [1.165, 1.54) is 11.3 Å². The van der Waals surface area contributed by atoms with Crippen molar-refractivity contribution in [2.24, 2.45) is 0 Å². The molecule has 0 aliphatic carbocycles. The van der Waals surface area contributed by atoms with Crippen LogP contribution in [0.2, 0.25) is 0 Å². The predicted octanol–water partition coefficient (Wildman–Crippen LogP) is 0.885. The van der Waals surface area contributed by atoms with E-state index in [4.69, 9.17) is 0 Å². The first-order chi connectivity index (χ1) is 3.93. The number of carbonyl (C=O) groups excluding carboxylic acids is 1. The zero-order valence-electron chi connectivity index (χ0n) is 4.20. The molecule has 0 bridgehead atoms. The van der Waals surface area contributed by atoms with Crippen LogP contribution >= 0.6 is 11.3 Å². The molecule has 0 saturated heterocycles. The zero-order chi connectivity index (χ0) is 5.82. The highest BCUT2D eigenvalue weighted by atomic mass is 32.1. The number of aldehydes is 1. The number of thiazole rings is 1. The molecule has 0 N–H and O–H groups in total. The van der Waals surface area contributed by atoms with Crippen molar-refractivity contribution in [2.45, 2.75) is 6.42 Å². The van der Waals surface area contributed by atoms with Gasteiger partial charge in [0, 0.05) is 11.8 Å². The second-order valence-corrected chi connectivity index (χ2v) is 2.07. The minimum absolute atomic E-state index is 0.448. The van der Waals surface area contributed by atoms with Crippen molar-refractivity contribution >= 4 is 17.6 Å². The Balaban J connectivity index is 2.62. The van der Waals surface area contributed by atoms with Crippen molar-refractivity contribution in [2.75, 3.05) is 0 Å². The summed E-state index contributed by atoms with van der Waals surface area (Å²) in [5, 5.41) is 1.87. The SMILES string of the molecule is O=CCc1cscn1. The molecule has 1 rings (SSSR count). The largest absolute Gasteiger partial charge is 0.303 e. The number of nitrogens with zero attached hydrogens (tertiary/aromatic N) is 1. The first-order valence-electron chi connectivity index (χ1n) is 2.24. The second kappa shape index (κ2) is 2.57. The first-order valence-corrected chi connectivity index (χ1v) is 3.18. The fourth-order valence-corrected chi connectivity index (χ4v) is 0.995. The Kier molecular flexibility index (Phi) is 1.75. The van der Waals surface area contributed by atoms with E-state index in [0.717, 1.165) is 12.0 Å². The van der Waals surface area contributed by atoms with Gasteiger partial charge in [-0.05, 0) is 0 Å². The van der Waals surface area contributed by atoms with Gasteiger partial charge in [0.1, 0.15) is 6.29 Å². The highest BCUT2D eigenvalue weighted by molar-refractivity contribution is 7.07. The Morgan fingerprint density at radius 2 is 2.75 bits per heavy atom. The minimum Gasteiger partial charge on any atom is -0.303 e. The van der Waals surface area contributed by atoms with Crippen LogP contribution in [0.15, 0.2) is 10.9 Å². The molecule has 8 heavy (non-hydrogen) atoms. The maximum atomic E-state index is 9.84. The smallest absolute Gasteiger partial charge is 0.125 e. The molecule has 0 aliphatic heterocycles. The van der Waals surface area contributed by atoms with Gasteiger partial charge >= 0.3 is 0 Å². The number of aromatic nitrogens is 1. The van der Waals surface area contributed by atoms with Gasteiger partial charge in [-0.15, -0.1) is 11.3 Å². The molecule has 2 nitrogen and oxygen atoms in total. The van der Waals surface area contributed by atoms with Gasteiger partial charge < -0.3 is 4.79 Å². The summed E-state index contributed by atoms with van der Waals surface area (Å²) in [7, 11) is 0. The quantitative estimate of drug-likeness (QED) is 0.552. The van der Waals surface area contributed by atoms with Crippen LogP contribution in [0.3, 0.4) is 0 Å². The van der Waals surface area contributed by atoms with Gasteiger partial charge in [-0.25, -0.2) is 4.98 Å². The molecule has 0 amide bonds. The van der Waals surface area contributed by atoms with Gasteiger partial charge in [0.25, 0.3) is 0 Å². The summed E-state index contributed by atoms with van der Waals surface area (Å²) in [6, 6.07) is 0. The first kappa shape index (κ1) is 5.44. The molecule has 3 heteroatoms. The lowest BCUT2D eigenvalue weighted by atomic mass is 10.4. The maximum Gasteiger partial charge on any atom is 0.125 e. The summed E-state index contributed by atoms with van der Waals surface area (Å²) in [5.41, 5.74) is 2.59. The van der Waals surface area contributed by atoms with Crippen LogP contribution in [0.4, 0.5) is 0 Å². The monoisotopic (exact) mass is 127 g/mol. The molecule has 42 valence electrons. The van der Waals surface area contributed by atoms with Crippen LogP contribution < -0.4 is 0 Å². The third-order valence-electron chi connectivity index (χ3n) is 0.776. The lowest BCUT2D eigenvalue weighted by Crippen LogP contribution is -1.82. The van der Waals surface area contributed by atoms with E-state index in [1.807, 2.05) is 5.38 Å². The van der Waals surface area contributed by atoms with E-state index >= 15 is 0 Å². The van der Waals surface area contributed by atoms with Crippen LogP contribution in [0.5, 0.6) is 0 Å². The fraction of sp³-hybridized carbons (Fsp3) is 0.200. The van der Waals surface area contributed by atoms with E-state index in [9.17, 15) is 4.79 Å². The summed E-state index contributed by atoms with van der Waals surface area (Å²) in [4.78, 5) is 13.7. The minimum atomic E-state index is 0.448. The summed E-state index contributed by atoms with van der Waals surface area (Å²) < 4.78 is 0. The number of hydrogen-bond donors (Lipinski definition) is 0. The van der Waals surface area contributed by atoms with E-state index in [2.05, 4.69) is 4.98 Å². The number of hydrogen-bond acceptors (Lipinski definition) is 3. The molecule has 0 atom stereocenters. The van der Waals surface area contributed by atoms with Crippen LogP contribution in [-0.4, -0.2) is 11.3 Å². The molecule has 0 unspecified atom stereocenters. The molecule has 0 radical (unpaired) electrons. The van der Waals surface area contributed by atoms with Gasteiger partial charge in [-0.3, -0.25) is 0 Å². The molecule has 0 aromatic carbocycles. The van der Waals surface area contributed by atoms with Crippen molar-refractivity contribution in [3.05, 3.63) is 16.6 Å². The topological polar surface area (TPSA) is 30.0 Å². The standard InChI is InChI=1S/C5H5NOS/c7-2-1-5-3-8-4-6-5/h2-4H,1H2. The Morgan fingerprint density at radius 1 is 1.88 bits per heavy atom. The van der Waals surface area contributed by atoms with E-state index < -0.39 is 0 Å². The number of carbonyl (C=O) groups is 1. The van der Waals surface area contributed by atoms with Crippen molar-refractivity contribution in [3.63, 3.8) is 0 Å². The van der Waals surface area contributed by atoms with Gasteiger partial charge in [0.05, 0.1) is 11.2 Å². The summed E-state index contributed by atoms with van der Waals surface area (Å²) >= 11 is 1.51. The molecule has 0 fully saturated rings. The summed E-state index contributed by atoms with van der Waals surface area (Å²) in [5.74, 6) is 0. The van der Waals surface area contributed by atoms with Gasteiger partial charge in [-0.1, -0.05) is 0 Å². The zero-order valence-corrected chi connectivity index (χ0v) is 5.02. The maximum absolute atomic E-state index is 9.84. The molecule has 1 aromatic heterocycles. The lowest BCUT2D eigenvalue weighted by Gasteiger charge is -1.77. The highest BCUT2D eigenvalue weighted by Crippen LogP contribution is 1.98. The molecule has 0 spiro atoms. The van der Waals surface area contributed by atoms with Crippen LogP contribution in [-0.2, 0) is 11.2 Å².